The minimum absolute atomic E-state index is 0.232. The van der Waals surface area contributed by atoms with Crippen LogP contribution in [0.1, 0.15) is 24.0 Å². The van der Waals surface area contributed by atoms with E-state index in [0.717, 1.165) is 6.42 Å². The normalized spacial score (nSPS) is 21.0. The van der Waals surface area contributed by atoms with E-state index in [0.29, 0.717) is 17.1 Å². The van der Waals surface area contributed by atoms with Crippen LogP contribution in [-0.4, -0.2) is 38.7 Å². The predicted molar refractivity (Wildman–Crippen MR) is 98.9 cm³/mol. The number of hydrogen-bond donors (Lipinski definition) is 1. The summed E-state index contributed by atoms with van der Waals surface area (Å²) in [6.45, 7) is 1.37. The summed E-state index contributed by atoms with van der Waals surface area (Å²) in [4.78, 5) is 0. The van der Waals surface area contributed by atoms with Gasteiger partial charge in [0.2, 0.25) is 0 Å². The Morgan fingerprint density at radius 2 is 1.50 bits per heavy atom. The van der Waals surface area contributed by atoms with Crippen LogP contribution >= 0.6 is 0 Å². The Kier molecular flexibility index (Phi) is 7.21. The summed E-state index contributed by atoms with van der Waals surface area (Å²) in [6, 6.07) is 20.9. The molecule has 0 aromatic heterocycles. The quantitative estimate of drug-likeness (QED) is 0.731. The zero-order chi connectivity index (χ0) is 16.6. The van der Waals surface area contributed by atoms with Crippen molar-refractivity contribution in [1.82, 2.24) is 3.30 Å². The molecule has 3 nitrogen and oxygen atoms in total. The molecular formula is C20H26InNO2. The Hall–Kier alpha value is -0.810. The second kappa shape index (κ2) is 9.62. The molecule has 3 rings (SSSR count). The summed E-state index contributed by atoms with van der Waals surface area (Å²) in [5.74, 6) is 0. The molecule has 0 aliphatic carbocycles. The van der Waals surface area contributed by atoms with Crippen molar-refractivity contribution in [2.75, 3.05) is 7.05 Å². The van der Waals surface area contributed by atoms with Gasteiger partial charge >= 0.3 is 154 Å². The molecule has 0 radical (unpaired) electrons. The van der Waals surface area contributed by atoms with Crippen LogP contribution in [0.2, 0.25) is 4.18 Å². The van der Waals surface area contributed by atoms with Gasteiger partial charge in [-0.1, -0.05) is 0 Å². The standard InChI is InChI=1S/C19H22O2.CH4N.In/c1-2-9-19(21-15-18-12-7-4-8-13-18)16-20-14-17-10-5-3-6-11-17;1-2;/h3-8,10-13,16,19H,1-2,9,14-15H2;2H,1H3;/q;-1;+1. The Morgan fingerprint density at radius 3 is 2.08 bits per heavy atom. The molecule has 1 aliphatic heterocycles. The van der Waals surface area contributed by atoms with Gasteiger partial charge in [0.05, 0.1) is 0 Å². The van der Waals surface area contributed by atoms with Crippen LogP contribution < -0.4 is 3.30 Å². The molecule has 126 valence electrons. The minimum atomic E-state index is -1.91. The molecule has 1 heterocycles. The van der Waals surface area contributed by atoms with Gasteiger partial charge in [0.15, 0.2) is 0 Å². The van der Waals surface area contributed by atoms with Crippen LogP contribution in [0.5, 0.6) is 0 Å². The third kappa shape index (κ3) is 5.09. The average Bonchev–Trinajstić information content (AvgIpc) is 2.66. The van der Waals surface area contributed by atoms with Crippen LogP contribution in [-0.2, 0) is 22.7 Å². The third-order valence-electron chi connectivity index (χ3n) is 4.73. The molecule has 1 N–H and O–H groups in total. The van der Waals surface area contributed by atoms with Gasteiger partial charge in [0, 0.05) is 0 Å². The van der Waals surface area contributed by atoms with Crippen molar-refractivity contribution in [3.05, 3.63) is 71.8 Å². The van der Waals surface area contributed by atoms with Crippen LogP contribution in [0.25, 0.3) is 0 Å². The van der Waals surface area contributed by atoms with Crippen LogP contribution in [0.3, 0.4) is 0 Å². The molecule has 1 fully saturated rings. The summed E-state index contributed by atoms with van der Waals surface area (Å²) < 4.78 is 17.9. The second-order valence-corrected chi connectivity index (χ2v) is 15.1. The van der Waals surface area contributed by atoms with E-state index in [4.69, 9.17) is 9.47 Å². The van der Waals surface area contributed by atoms with Gasteiger partial charge in [-0.2, -0.15) is 0 Å². The molecule has 4 heteroatoms. The van der Waals surface area contributed by atoms with E-state index in [9.17, 15) is 0 Å². The van der Waals surface area contributed by atoms with Crippen LogP contribution in [0, 0.1) is 0 Å². The molecule has 1 saturated heterocycles. The molecule has 2 unspecified atom stereocenters. The van der Waals surface area contributed by atoms with Crippen molar-refractivity contribution in [3.63, 3.8) is 0 Å². The van der Waals surface area contributed by atoms with E-state index >= 15 is 0 Å². The maximum absolute atomic E-state index is 6.38. The van der Waals surface area contributed by atoms with Gasteiger partial charge in [-0.25, -0.2) is 0 Å². The van der Waals surface area contributed by atoms with Crippen molar-refractivity contribution in [1.29, 1.82) is 0 Å². The van der Waals surface area contributed by atoms with Gasteiger partial charge in [-0.15, -0.1) is 0 Å². The Labute approximate surface area is 153 Å². The number of benzene rings is 2. The molecule has 2 aromatic rings. The third-order valence-corrected chi connectivity index (χ3v) is 13.8. The van der Waals surface area contributed by atoms with E-state index in [1.165, 1.54) is 21.7 Å². The van der Waals surface area contributed by atoms with Gasteiger partial charge < -0.3 is 0 Å². The van der Waals surface area contributed by atoms with Crippen LogP contribution in [0.15, 0.2) is 60.7 Å². The number of rotatable bonds is 7. The predicted octanol–water partition coefficient (Wildman–Crippen LogP) is 3.70. The molecule has 24 heavy (non-hydrogen) atoms. The molecule has 2 atom stereocenters. The fraction of sp³-hybridized carbons (Fsp3) is 0.400. The number of hydrogen-bond acceptors (Lipinski definition) is 3. The summed E-state index contributed by atoms with van der Waals surface area (Å²) >= 11 is -1.91. The van der Waals surface area contributed by atoms with E-state index in [1.54, 1.807) is 0 Å². The van der Waals surface area contributed by atoms with Crippen molar-refractivity contribution in [3.8, 4) is 0 Å². The number of ether oxygens (including phenoxy) is 2. The Bertz CT molecular complexity index is 593. The van der Waals surface area contributed by atoms with Crippen molar-refractivity contribution >= 4 is 21.7 Å². The van der Waals surface area contributed by atoms with Gasteiger partial charge in [0.1, 0.15) is 0 Å². The first-order valence-corrected chi connectivity index (χ1v) is 14.7. The van der Waals surface area contributed by atoms with Crippen molar-refractivity contribution in [2.45, 2.75) is 40.2 Å². The van der Waals surface area contributed by atoms with Crippen molar-refractivity contribution in [2.24, 2.45) is 0 Å². The molecule has 0 saturated carbocycles. The first kappa shape index (κ1) is 18.0. The maximum atomic E-state index is 6.38. The van der Waals surface area contributed by atoms with Crippen molar-refractivity contribution < 1.29 is 9.47 Å². The molecule has 0 spiro atoms. The zero-order valence-electron chi connectivity index (χ0n) is 14.4. The topological polar surface area (TPSA) is 30.5 Å². The van der Waals surface area contributed by atoms with E-state index < -0.39 is 21.7 Å². The SMILES string of the molecule is C[NH][In]1[CH2]CCC(OCc2ccccc2)[CH]1OCc1ccccc1. The molecule has 0 amide bonds. The first-order chi connectivity index (χ1) is 11.9. The Balaban J connectivity index is 1.61. The fourth-order valence-electron chi connectivity index (χ4n) is 3.38. The summed E-state index contributed by atoms with van der Waals surface area (Å²) in [6.07, 6.45) is 2.61. The molecular weight excluding hydrogens is 401 g/mol. The average molecular weight is 427 g/mol. The zero-order valence-corrected chi connectivity index (χ0v) is 17.7. The first-order valence-electron chi connectivity index (χ1n) is 8.85. The van der Waals surface area contributed by atoms with Gasteiger partial charge in [-0.3, -0.25) is 0 Å². The monoisotopic (exact) mass is 427 g/mol. The summed E-state index contributed by atoms with van der Waals surface area (Å²) in [7, 11) is 2.11. The van der Waals surface area contributed by atoms with E-state index in [-0.39, 0.29) is 6.10 Å². The number of nitrogens with one attached hydrogen (secondary N) is 1. The fourth-order valence-corrected chi connectivity index (χ4v) is 11.3. The van der Waals surface area contributed by atoms with E-state index in [1.807, 2.05) is 12.1 Å². The van der Waals surface area contributed by atoms with E-state index in [2.05, 4.69) is 58.9 Å². The van der Waals surface area contributed by atoms with Gasteiger partial charge in [0.25, 0.3) is 0 Å². The molecule has 1 aliphatic rings. The second-order valence-electron chi connectivity index (χ2n) is 6.42. The van der Waals surface area contributed by atoms with Crippen LogP contribution in [0.4, 0.5) is 0 Å². The molecule has 2 aromatic carbocycles. The summed E-state index contributed by atoms with van der Waals surface area (Å²) in [5.41, 5.74) is 2.48. The molecule has 0 bridgehead atoms. The van der Waals surface area contributed by atoms with Gasteiger partial charge in [-0.05, 0) is 0 Å². The summed E-state index contributed by atoms with van der Waals surface area (Å²) in [5, 5.41) is 0. The Morgan fingerprint density at radius 1 is 0.917 bits per heavy atom.